The van der Waals surface area contributed by atoms with Gasteiger partial charge in [0, 0.05) is 36.7 Å². The number of H-pyrrole nitrogens is 1. The molecule has 0 saturated heterocycles. The van der Waals surface area contributed by atoms with Crippen molar-refractivity contribution in [1.29, 1.82) is 0 Å². The maximum absolute atomic E-state index is 3.53. The minimum atomic E-state index is 0.941. The molecule has 0 aliphatic heterocycles. The first-order valence-electron chi connectivity index (χ1n) is 6.83. The normalized spacial score (nSPS) is 11.5. The van der Waals surface area contributed by atoms with E-state index in [0.717, 1.165) is 32.7 Å². The number of benzene rings is 1. The Morgan fingerprint density at radius 1 is 1.17 bits per heavy atom. The van der Waals surface area contributed by atoms with Crippen LogP contribution in [-0.2, 0) is 6.54 Å². The van der Waals surface area contributed by atoms with Gasteiger partial charge >= 0.3 is 0 Å². The van der Waals surface area contributed by atoms with E-state index in [4.69, 9.17) is 0 Å². The number of hydrogen-bond donors (Lipinski definition) is 2. The van der Waals surface area contributed by atoms with Crippen molar-refractivity contribution in [3.8, 4) is 0 Å². The van der Waals surface area contributed by atoms with Crippen LogP contribution < -0.4 is 5.32 Å². The number of nitrogens with one attached hydrogen (secondary N) is 2. The molecule has 98 valence electrons. The van der Waals surface area contributed by atoms with Gasteiger partial charge in [0.15, 0.2) is 0 Å². The summed E-state index contributed by atoms with van der Waals surface area (Å²) in [6.07, 6.45) is 2.00. The average molecular weight is 245 g/mol. The summed E-state index contributed by atoms with van der Waals surface area (Å²) in [5, 5.41) is 4.85. The molecule has 3 nitrogen and oxygen atoms in total. The third kappa shape index (κ3) is 3.12. The molecule has 0 spiro atoms. The van der Waals surface area contributed by atoms with Crippen molar-refractivity contribution in [1.82, 2.24) is 15.2 Å². The van der Waals surface area contributed by atoms with Crippen LogP contribution >= 0.6 is 0 Å². The molecule has 2 N–H and O–H groups in total. The number of hydrogen-bond acceptors (Lipinski definition) is 2. The summed E-state index contributed by atoms with van der Waals surface area (Å²) in [7, 11) is 0. The molecule has 2 aromatic rings. The van der Waals surface area contributed by atoms with Crippen LogP contribution in [0.5, 0.6) is 0 Å². The van der Waals surface area contributed by atoms with E-state index in [1.165, 1.54) is 16.5 Å². The SMILES string of the molecule is CCN(CC)CCNCc1cccc2[nH]ccc12. The minimum Gasteiger partial charge on any atom is -0.361 e. The first kappa shape index (κ1) is 13.1. The van der Waals surface area contributed by atoms with E-state index in [-0.39, 0.29) is 0 Å². The molecule has 0 atom stereocenters. The first-order chi connectivity index (χ1) is 8.85. The molecule has 1 heterocycles. The highest BCUT2D eigenvalue weighted by Crippen LogP contribution is 2.16. The Balaban J connectivity index is 1.85. The molecule has 0 aliphatic carbocycles. The predicted octanol–water partition coefficient (Wildman–Crippen LogP) is 2.60. The zero-order valence-electron chi connectivity index (χ0n) is 11.4. The summed E-state index contributed by atoms with van der Waals surface area (Å²) >= 11 is 0. The third-order valence-corrected chi connectivity index (χ3v) is 3.50. The van der Waals surface area contributed by atoms with E-state index < -0.39 is 0 Å². The second-order valence-electron chi connectivity index (χ2n) is 4.56. The molecule has 3 heteroatoms. The lowest BCUT2D eigenvalue weighted by atomic mass is 10.1. The van der Waals surface area contributed by atoms with Crippen molar-refractivity contribution in [2.75, 3.05) is 26.2 Å². The summed E-state index contributed by atoms with van der Waals surface area (Å²) in [5.74, 6) is 0. The van der Waals surface area contributed by atoms with Gasteiger partial charge in [0.25, 0.3) is 0 Å². The van der Waals surface area contributed by atoms with Gasteiger partial charge < -0.3 is 15.2 Å². The van der Waals surface area contributed by atoms with Gasteiger partial charge in [-0.25, -0.2) is 0 Å². The van der Waals surface area contributed by atoms with Crippen LogP contribution in [-0.4, -0.2) is 36.1 Å². The number of aromatic nitrogens is 1. The third-order valence-electron chi connectivity index (χ3n) is 3.50. The van der Waals surface area contributed by atoms with Crippen LogP contribution in [0.2, 0.25) is 0 Å². The fraction of sp³-hybridized carbons (Fsp3) is 0.467. The van der Waals surface area contributed by atoms with E-state index in [1.807, 2.05) is 6.20 Å². The molecule has 0 amide bonds. The van der Waals surface area contributed by atoms with Gasteiger partial charge in [-0.2, -0.15) is 0 Å². The Morgan fingerprint density at radius 2 is 2.00 bits per heavy atom. The Kier molecular flexibility index (Phi) is 4.79. The van der Waals surface area contributed by atoms with Crippen molar-refractivity contribution < 1.29 is 0 Å². The predicted molar refractivity (Wildman–Crippen MR) is 77.8 cm³/mol. The van der Waals surface area contributed by atoms with Gasteiger partial charge in [-0.15, -0.1) is 0 Å². The second kappa shape index (κ2) is 6.57. The van der Waals surface area contributed by atoms with Gasteiger partial charge in [-0.1, -0.05) is 26.0 Å². The molecule has 0 aliphatic rings. The number of fused-ring (bicyclic) bond motifs is 1. The van der Waals surface area contributed by atoms with Crippen molar-refractivity contribution in [2.45, 2.75) is 20.4 Å². The topological polar surface area (TPSA) is 31.1 Å². The Morgan fingerprint density at radius 3 is 2.78 bits per heavy atom. The molecular weight excluding hydrogens is 222 g/mol. The van der Waals surface area contributed by atoms with Crippen LogP contribution in [0.25, 0.3) is 10.9 Å². The van der Waals surface area contributed by atoms with Gasteiger partial charge in [-0.3, -0.25) is 0 Å². The lowest BCUT2D eigenvalue weighted by Crippen LogP contribution is -2.31. The maximum atomic E-state index is 3.53. The van der Waals surface area contributed by atoms with Gasteiger partial charge in [0.05, 0.1) is 0 Å². The molecule has 1 aromatic heterocycles. The fourth-order valence-corrected chi connectivity index (χ4v) is 2.30. The van der Waals surface area contributed by atoms with Crippen molar-refractivity contribution >= 4 is 10.9 Å². The maximum Gasteiger partial charge on any atom is 0.0457 e. The highest BCUT2D eigenvalue weighted by atomic mass is 15.1. The van der Waals surface area contributed by atoms with Gasteiger partial charge in [0.2, 0.25) is 0 Å². The van der Waals surface area contributed by atoms with Gasteiger partial charge in [0.1, 0.15) is 0 Å². The Labute approximate surface area is 109 Å². The van der Waals surface area contributed by atoms with Crippen LogP contribution in [0, 0.1) is 0 Å². The first-order valence-corrected chi connectivity index (χ1v) is 6.83. The van der Waals surface area contributed by atoms with E-state index >= 15 is 0 Å². The van der Waals surface area contributed by atoms with Crippen LogP contribution in [0.1, 0.15) is 19.4 Å². The molecule has 0 fully saturated rings. The summed E-state index contributed by atoms with van der Waals surface area (Å²) < 4.78 is 0. The monoisotopic (exact) mass is 245 g/mol. The smallest absolute Gasteiger partial charge is 0.0457 e. The molecule has 18 heavy (non-hydrogen) atoms. The van der Waals surface area contributed by atoms with Gasteiger partial charge in [-0.05, 0) is 30.8 Å². The molecular formula is C15H23N3. The van der Waals surface area contributed by atoms with E-state index in [2.05, 4.69) is 53.3 Å². The van der Waals surface area contributed by atoms with Crippen LogP contribution in [0.3, 0.4) is 0 Å². The van der Waals surface area contributed by atoms with Crippen molar-refractivity contribution in [2.24, 2.45) is 0 Å². The second-order valence-corrected chi connectivity index (χ2v) is 4.56. The number of rotatable bonds is 7. The zero-order chi connectivity index (χ0) is 12.8. The highest BCUT2D eigenvalue weighted by molar-refractivity contribution is 5.82. The van der Waals surface area contributed by atoms with E-state index in [0.29, 0.717) is 0 Å². The molecule has 2 rings (SSSR count). The fourth-order valence-electron chi connectivity index (χ4n) is 2.30. The van der Waals surface area contributed by atoms with Crippen molar-refractivity contribution in [3.05, 3.63) is 36.0 Å². The Bertz CT molecular complexity index is 471. The summed E-state index contributed by atoms with van der Waals surface area (Å²) in [6.45, 7) is 9.79. The number of likely N-dealkylation sites (N-methyl/N-ethyl adjacent to an activating group) is 1. The molecule has 0 saturated carbocycles. The van der Waals surface area contributed by atoms with Crippen molar-refractivity contribution in [3.63, 3.8) is 0 Å². The summed E-state index contributed by atoms with van der Waals surface area (Å²) in [6, 6.07) is 8.58. The Hall–Kier alpha value is -1.32. The van der Waals surface area contributed by atoms with E-state index in [1.54, 1.807) is 0 Å². The number of nitrogens with zero attached hydrogens (tertiary/aromatic N) is 1. The standard InChI is InChI=1S/C15H23N3/c1-3-18(4-2)11-10-16-12-13-6-5-7-15-14(13)8-9-17-15/h5-9,16-17H,3-4,10-12H2,1-2H3. The summed E-state index contributed by atoms with van der Waals surface area (Å²) in [4.78, 5) is 5.69. The lowest BCUT2D eigenvalue weighted by Gasteiger charge is -2.18. The lowest BCUT2D eigenvalue weighted by molar-refractivity contribution is 0.302. The quantitative estimate of drug-likeness (QED) is 0.735. The molecule has 1 aromatic carbocycles. The van der Waals surface area contributed by atoms with Crippen LogP contribution in [0.15, 0.2) is 30.5 Å². The number of aromatic amines is 1. The molecule has 0 radical (unpaired) electrons. The van der Waals surface area contributed by atoms with E-state index in [9.17, 15) is 0 Å². The largest absolute Gasteiger partial charge is 0.361 e. The summed E-state index contributed by atoms with van der Waals surface area (Å²) in [5.41, 5.74) is 2.59. The zero-order valence-corrected chi connectivity index (χ0v) is 11.4. The highest BCUT2D eigenvalue weighted by Gasteiger charge is 2.02. The molecule has 0 bridgehead atoms. The minimum absolute atomic E-state index is 0.941. The van der Waals surface area contributed by atoms with Crippen LogP contribution in [0.4, 0.5) is 0 Å². The molecule has 0 unspecified atom stereocenters. The average Bonchev–Trinajstić information content (AvgIpc) is 2.88.